The Kier molecular flexibility index (Phi) is 3.73. The Bertz CT molecular complexity index is 719. The molecule has 2 rings (SSSR count). The van der Waals surface area contributed by atoms with Gasteiger partial charge in [-0.15, -0.1) is 0 Å². The van der Waals surface area contributed by atoms with Gasteiger partial charge in [-0.05, 0) is 36.8 Å². The first-order valence-electron chi connectivity index (χ1n) is 5.30. The minimum atomic E-state index is -3.88. The molecule has 1 aromatic carbocycles. The molecular formula is C12H10ClFN2O2S. The van der Waals surface area contributed by atoms with Crippen molar-refractivity contribution in [2.75, 3.05) is 4.72 Å². The van der Waals surface area contributed by atoms with E-state index >= 15 is 0 Å². The molecule has 0 aliphatic rings. The third-order valence-electron chi connectivity index (χ3n) is 2.41. The van der Waals surface area contributed by atoms with Crippen LogP contribution >= 0.6 is 11.6 Å². The van der Waals surface area contributed by atoms with Gasteiger partial charge in [0.05, 0.1) is 4.90 Å². The highest BCUT2D eigenvalue weighted by Gasteiger charge is 2.16. The number of aromatic nitrogens is 1. The standard InChI is InChI=1S/C12H10ClFN2O2S/c1-8-5-6-9(7-10(8)14)19(17,18)16-12-4-2-3-11(13)15-12/h2-7H,1H3,(H,15,16). The van der Waals surface area contributed by atoms with Crippen LogP contribution in [-0.2, 0) is 10.0 Å². The number of rotatable bonds is 3. The van der Waals surface area contributed by atoms with Crippen LogP contribution in [-0.4, -0.2) is 13.4 Å². The highest BCUT2D eigenvalue weighted by molar-refractivity contribution is 7.92. The molecule has 1 N–H and O–H groups in total. The zero-order valence-corrected chi connectivity index (χ0v) is 11.5. The van der Waals surface area contributed by atoms with Crippen LogP contribution in [0.25, 0.3) is 0 Å². The average Bonchev–Trinajstić information content (AvgIpc) is 2.32. The number of hydrogen-bond donors (Lipinski definition) is 1. The molecule has 0 amide bonds. The number of aryl methyl sites for hydroxylation is 1. The molecule has 2 aromatic rings. The first kappa shape index (κ1) is 13.8. The highest BCUT2D eigenvalue weighted by atomic mass is 35.5. The van der Waals surface area contributed by atoms with Gasteiger partial charge in [-0.3, -0.25) is 4.72 Å². The highest BCUT2D eigenvalue weighted by Crippen LogP contribution is 2.18. The summed E-state index contributed by atoms with van der Waals surface area (Å²) in [5.74, 6) is -0.504. The van der Waals surface area contributed by atoms with E-state index in [0.717, 1.165) is 6.07 Å². The van der Waals surface area contributed by atoms with Crippen molar-refractivity contribution in [1.29, 1.82) is 0 Å². The molecule has 100 valence electrons. The van der Waals surface area contributed by atoms with Crippen LogP contribution in [0.3, 0.4) is 0 Å². The third kappa shape index (κ3) is 3.21. The third-order valence-corrected chi connectivity index (χ3v) is 3.97. The fourth-order valence-electron chi connectivity index (χ4n) is 1.40. The van der Waals surface area contributed by atoms with Crippen molar-refractivity contribution >= 4 is 27.4 Å². The minimum absolute atomic E-state index is 0.0773. The van der Waals surface area contributed by atoms with Crippen molar-refractivity contribution in [1.82, 2.24) is 4.98 Å². The minimum Gasteiger partial charge on any atom is -0.263 e. The van der Waals surface area contributed by atoms with Crippen LogP contribution < -0.4 is 4.72 Å². The molecule has 7 heteroatoms. The van der Waals surface area contributed by atoms with Gasteiger partial charge in [0.2, 0.25) is 0 Å². The van der Waals surface area contributed by atoms with Gasteiger partial charge in [-0.25, -0.2) is 17.8 Å². The predicted octanol–water partition coefficient (Wildman–Crippen LogP) is 2.98. The number of pyridine rings is 1. The van der Waals surface area contributed by atoms with E-state index in [1.54, 1.807) is 13.0 Å². The largest absolute Gasteiger partial charge is 0.263 e. The van der Waals surface area contributed by atoms with Gasteiger partial charge in [-0.1, -0.05) is 23.7 Å². The maximum atomic E-state index is 13.4. The average molecular weight is 301 g/mol. The van der Waals surface area contributed by atoms with Crippen LogP contribution in [0.2, 0.25) is 5.15 Å². The van der Waals surface area contributed by atoms with E-state index in [1.807, 2.05) is 0 Å². The van der Waals surface area contributed by atoms with Crippen LogP contribution in [0, 0.1) is 12.7 Å². The topological polar surface area (TPSA) is 59.1 Å². The van der Waals surface area contributed by atoms with Gasteiger partial charge in [0.15, 0.2) is 0 Å². The Balaban J connectivity index is 2.35. The van der Waals surface area contributed by atoms with Crippen LogP contribution in [0.1, 0.15) is 5.56 Å². The zero-order chi connectivity index (χ0) is 14.0. The fraction of sp³-hybridized carbons (Fsp3) is 0.0833. The molecular weight excluding hydrogens is 291 g/mol. The number of benzene rings is 1. The SMILES string of the molecule is Cc1ccc(S(=O)(=O)Nc2cccc(Cl)n2)cc1F. The summed E-state index contributed by atoms with van der Waals surface area (Å²) >= 11 is 5.66. The van der Waals surface area contributed by atoms with Gasteiger partial charge in [0, 0.05) is 0 Å². The molecule has 0 aliphatic heterocycles. The summed E-state index contributed by atoms with van der Waals surface area (Å²) in [6.45, 7) is 1.55. The summed E-state index contributed by atoms with van der Waals surface area (Å²) < 4.78 is 39.6. The van der Waals surface area contributed by atoms with Crippen molar-refractivity contribution in [3.05, 3.63) is 52.9 Å². The van der Waals surface area contributed by atoms with E-state index in [-0.39, 0.29) is 15.9 Å². The van der Waals surface area contributed by atoms with Crippen LogP contribution in [0.4, 0.5) is 10.2 Å². The number of halogens is 2. The lowest BCUT2D eigenvalue weighted by atomic mass is 10.2. The summed E-state index contributed by atoms with van der Waals surface area (Å²) in [7, 11) is -3.88. The van der Waals surface area contributed by atoms with Crippen molar-refractivity contribution in [3.63, 3.8) is 0 Å². The first-order chi connectivity index (χ1) is 8.88. The smallest absolute Gasteiger partial charge is 0.263 e. The molecule has 1 aromatic heterocycles. The Morgan fingerprint density at radius 3 is 2.63 bits per heavy atom. The van der Waals surface area contributed by atoms with Crippen LogP contribution in [0.15, 0.2) is 41.3 Å². The van der Waals surface area contributed by atoms with E-state index in [1.165, 1.54) is 24.3 Å². The summed E-state index contributed by atoms with van der Waals surface area (Å²) in [5, 5.41) is 0.162. The van der Waals surface area contributed by atoms with Crippen LogP contribution in [0.5, 0.6) is 0 Å². The van der Waals surface area contributed by atoms with Crippen molar-refractivity contribution < 1.29 is 12.8 Å². The van der Waals surface area contributed by atoms with Gasteiger partial charge in [-0.2, -0.15) is 0 Å². The molecule has 0 bridgehead atoms. The molecule has 1 heterocycles. The van der Waals surface area contributed by atoms with E-state index in [9.17, 15) is 12.8 Å². The zero-order valence-electron chi connectivity index (χ0n) is 9.89. The molecule has 0 atom stereocenters. The maximum absolute atomic E-state index is 13.4. The number of sulfonamides is 1. The number of anilines is 1. The monoisotopic (exact) mass is 300 g/mol. The molecule has 4 nitrogen and oxygen atoms in total. The second-order valence-corrected chi connectivity index (χ2v) is 5.93. The molecule has 0 saturated heterocycles. The maximum Gasteiger partial charge on any atom is 0.263 e. The summed E-state index contributed by atoms with van der Waals surface area (Å²) in [5.41, 5.74) is 0.375. The van der Waals surface area contributed by atoms with Gasteiger partial charge >= 0.3 is 0 Å². The number of nitrogens with zero attached hydrogens (tertiary/aromatic N) is 1. The fourth-order valence-corrected chi connectivity index (χ4v) is 2.58. The van der Waals surface area contributed by atoms with Crippen molar-refractivity contribution in [3.8, 4) is 0 Å². The van der Waals surface area contributed by atoms with Gasteiger partial charge in [0.1, 0.15) is 16.8 Å². The molecule has 0 spiro atoms. The van der Waals surface area contributed by atoms with E-state index in [2.05, 4.69) is 9.71 Å². The lowest BCUT2D eigenvalue weighted by molar-refractivity contribution is 0.593. The second-order valence-electron chi connectivity index (χ2n) is 3.86. The summed E-state index contributed by atoms with van der Waals surface area (Å²) in [4.78, 5) is 3.64. The number of hydrogen-bond acceptors (Lipinski definition) is 3. The lowest BCUT2D eigenvalue weighted by Gasteiger charge is -2.08. The quantitative estimate of drug-likeness (QED) is 0.887. The molecule has 0 saturated carbocycles. The van der Waals surface area contributed by atoms with E-state index in [4.69, 9.17) is 11.6 Å². The molecule has 19 heavy (non-hydrogen) atoms. The van der Waals surface area contributed by atoms with Crippen molar-refractivity contribution in [2.24, 2.45) is 0 Å². The first-order valence-corrected chi connectivity index (χ1v) is 7.16. The Morgan fingerprint density at radius 2 is 2.00 bits per heavy atom. The Hall–Kier alpha value is -1.66. The predicted molar refractivity (Wildman–Crippen MR) is 71.2 cm³/mol. The molecule has 0 radical (unpaired) electrons. The normalized spacial score (nSPS) is 11.3. The Labute approximate surface area is 115 Å². The summed E-state index contributed by atoms with van der Waals surface area (Å²) in [6, 6.07) is 8.21. The number of nitrogens with one attached hydrogen (secondary N) is 1. The van der Waals surface area contributed by atoms with E-state index < -0.39 is 15.8 Å². The molecule has 0 aliphatic carbocycles. The molecule has 0 unspecified atom stereocenters. The lowest BCUT2D eigenvalue weighted by Crippen LogP contribution is -2.14. The molecule has 0 fully saturated rings. The second kappa shape index (κ2) is 5.14. The van der Waals surface area contributed by atoms with Crippen molar-refractivity contribution in [2.45, 2.75) is 11.8 Å². The van der Waals surface area contributed by atoms with Gasteiger partial charge in [0.25, 0.3) is 10.0 Å². The Morgan fingerprint density at radius 1 is 1.26 bits per heavy atom. The van der Waals surface area contributed by atoms with Gasteiger partial charge < -0.3 is 0 Å². The van der Waals surface area contributed by atoms with E-state index in [0.29, 0.717) is 5.56 Å². The summed E-state index contributed by atoms with van der Waals surface area (Å²) in [6.07, 6.45) is 0.